The third kappa shape index (κ3) is 4.06. The molecular weight excluding hydrogens is 352 g/mol. The number of anilines is 1. The minimum absolute atomic E-state index is 0.0176. The Morgan fingerprint density at radius 1 is 0.964 bits per heavy atom. The molecule has 1 saturated heterocycles. The molecule has 1 aromatic heterocycles. The third-order valence-electron chi connectivity index (χ3n) is 5.02. The maximum atomic E-state index is 12.9. The predicted octanol–water partition coefficient (Wildman–Crippen LogP) is 3.14. The van der Waals surface area contributed by atoms with Crippen LogP contribution in [-0.2, 0) is 4.79 Å². The fraction of sp³-hybridized carbons (Fsp3) is 0.318. The summed E-state index contributed by atoms with van der Waals surface area (Å²) in [5.74, 6) is 1.45. The summed E-state index contributed by atoms with van der Waals surface area (Å²) in [5.41, 5.74) is 0. The van der Waals surface area contributed by atoms with E-state index in [1.807, 2.05) is 54.3 Å². The van der Waals surface area contributed by atoms with Gasteiger partial charge >= 0.3 is 0 Å². The molecule has 6 nitrogen and oxygen atoms in total. The van der Waals surface area contributed by atoms with Crippen LogP contribution >= 0.6 is 0 Å². The average molecular weight is 376 g/mol. The summed E-state index contributed by atoms with van der Waals surface area (Å²) in [6.45, 7) is 4.74. The Bertz CT molecular complexity index is 947. The molecule has 1 atom stereocenters. The Morgan fingerprint density at radius 3 is 2.57 bits per heavy atom. The quantitative estimate of drug-likeness (QED) is 0.700. The first-order valence-corrected chi connectivity index (χ1v) is 9.67. The number of ether oxygens (including phenoxy) is 1. The van der Waals surface area contributed by atoms with Crippen molar-refractivity contribution in [2.24, 2.45) is 0 Å². The van der Waals surface area contributed by atoms with E-state index in [0.717, 1.165) is 36.2 Å². The van der Waals surface area contributed by atoms with Crippen molar-refractivity contribution < 1.29 is 9.53 Å². The predicted molar refractivity (Wildman–Crippen MR) is 109 cm³/mol. The number of carbonyl (C=O) groups excluding carboxylic acids is 1. The fourth-order valence-electron chi connectivity index (χ4n) is 3.54. The molecule has 1 aliphatic rings. The number of rotatable bonds is 4. The van der Waals surface area contributed by atoms with E-state index in [-0.39, 0.29) is 5.91 Å². The van der Waals surface area contributed by atoms with Gasteiger partial charge in [-0.3, -0.25) is 4.79 Å². The van der Waals surface area contributed by atoms with Crippen LogP contribution in [0.5, 0.6) is 5.75 Å². The van der Waals surface area contributed by atoms with Crippen molar-refractivity contribution in [2.45, 2.75) is 19.4 Å². The van der Waals surface area contributed by atoms with Gasteiger partial charge in [0.25, 0.3) is 5.91 Å². The van der Waals surface area contributed by atoms with Crippen LogP contribution in [0.4, 0.5) is 5.95 Å². The van der Waals surface area contributed by atoms with Gasteiger partial charge in [-0.25, -0.2) is 9.97 Å². The summed E-state index contributed by atoms with van der Waals surface area (Å²) in [6, 6.07) is 15.8. The first-order chi connectivity index (χ1) is 13.7. The molecule has 1 fully saturated rings. The van der Waals surface area contributed by atoms with Gasteiger partial charge in [0.15, 0.2) is 6.10 Å². The molecule has 0 saturated carbocycles. The summed E-state index contributed by atoms with van der Waals surface area (Å²) in [6.07, 6.45) is 3.85. The smallest absolute Gasteiger partial charge is 0.263 e. The van der Waals surface area contributed by atoms with Gasteiger partial charge in [-0.15, -0.1) is 0 Å². The molecule has 2 aromatic carbocycles. The van der Waals surface area contributed by atoms with E-state index >= 15 is 0 Å². The Labute approximate surface area is 164 Å². The second kappa shape index (κ2) is 8.25. The first-order valence-electron chi connectivity index (χ1n) is 9.67. The summed E-state index contributed by atoms with van der Waals surface area (Å²) in [5, 5.41) is 2.26. The monoisotopic (exact) mass is 376 g/mol. The molecule has 3 aromatic rings. The van der Waals surface area contributed by atoms with Gasteiger partial charge in [0.05, 0.1) is 0 Å². The van der Waals surface area contributed by atoms with E-state index in [9.17, 15) is 4.79 Å². The van der Waals surface area contributed by atoms with E-state index < -0.39 is 6.10 Å². The Kier molecular flexibility index (Phi) is 5.37. The molecule has 0 bridgehead atoms. The third-order valence-corrected chi connectivity index (χ3v) is 5.02. The van der Waals surface area contributed by atoms with Gasteiger partial charge < -0.3 is 14.5 Å². The van der Waals surface area contributed by atoms with Crippen LogP contribution in [-0.4, -0.2) is 53.1 Å². The molecule has 0 N–H and O–H groups in total. The summed E-state index contributed by atoms with van der Waals surface area (Å²) in [4.78, 5) is 25.6. The topological polar surface area (TPSA) is 58.6 Å². The lowest BCUT2D eigenvalue weighted by atomic mass is 10.1. The zero-order valence-electron chi connectivity index (χ0n) is 16.0. The van der Waals surface area contributed by atoms with E-state index in [1.54, 1.807) is 12.4 Å². The highest BCUT2D eigenvalue weighted by Crippen LogP contribution is 2.22. The number of aromatic nitrogens is 2. The number of hydrogen-bond donors (Lipinski definition) is 0. The highest BCUT2D eigenvalue weighted by molar-refractivity contribution is 5.84. The van der Waals surface area contributed by atoms with Crippen molar-refractivity contribution in [1.82, 2.24) is 14.9 Å². The number of carbonyl (C=O) groups is 1. The Hall–Kier alpha value is -3.15. The van der Waals surface area contributed by atoms with E-state index in [4.69, 9.17) is 4.74 Å². The number of amides is 1. The molecule has 144 valence electrons. The standard InChI is InChI=1S/C22H24N4O2/c1-17(28-20-9-8-18-6-2-3-7-19(18)16-20)21(27)25-12-5-13-26(15-14-25)22-23-10-4-11-24-22/h2-4,6-11,16-17H,5,12-15H2,1H3. The highest BCUT2D eigenvalue weighted by Gasteiger charge is 2.25. The largest absolute Gasteiger partial charge is 0.481 e. The van der Waals surface area contributed by atoms with Crippen LogP contribution in [0.3, 0.4) is 0 Å². The SMILES string of the molecule is CC(Oc1ccc2ccccc2c1)C(=O)N1CCCN(c2ncccn2)CC1. The van der Waals surface area contributed by atoms with Gasteiger partial charge in [-0.1, -0.05) is 30.3 Å². The molecule has 0 aliphatic carbocycles. The number of hydrogen-bond acceptors (Lipinski definition) is 5. The van der Waals surface area contributed by atoms with Gasteiger partial charge in [0, 0.05) is 38.6 Å². The molecule has 0 spiro atoms. The number of fused-ring (bicyclic) bond motifs is 1. The Balaban J connectivity index is 1.39. The van der Waals surface area contributed by atoms with Crippen LogP contribution < -0.4 is 9.64 Å². The second-order valence-electron chi connectivity index (χ2n) is 6.98. The van der Waals surface area contributed by atoms with Gasteiger partial charge in [0.2, 0.25) is 5.95 Å². The van der Waals surface area contributed by atoms with E-state index in [0.29, 0.717) is 18.8 Å². The van der Waals surface area contributed by atoms with Crippen LogP contribution in [0.1, 0.15) is 13.3 Å². The summed E-state index contributed by atoms with van der Waals surface area (Å²) in [7, 11) is 0. The first kappa shape index (κ1) is 18.2. The molecule has 1 amide bonds. The molecule has 4 rings (SSSR count). The maximum Gasteiger partial charge on any atom is 0.263 e. The van der Waals surface area contributed by atoms with Crippen molar-refractivity contribution in [3.05, 3.63) is 60.9 Å². The van der Waals surface area contributed by atoms with Gasteiger partial charge in [-0.05, 0) is 42.3 Å². The summed E-state index contributed by atoms with van der Waals surface area (Å²) >= 11 is 0. The van der Waals surface area contributed by atoms with Crippen LogP contribution in [0, 0.1) is 0 Å². The van der Waals surface area contributed by atoms with Crippen LogP contribution in [0.2, 0.25) is 0 Å². The lowest BCUT2D eigenvalue weighted by molar-refractivity contribution is -0.137. The Morgan fingerprint density at radius 2 is 1.75 bits per heavy atom. The van der Waals surface area contributed by atoms with Crippen molar-refractivity contribution in [3.8, 4) is 5.75 Å². The zero-order chi connectivity index (χ0) is 19.3. The molecule has 6 heteroatoms. The molecular formula is C22H24N4O2. The lowest BCUT2D eigenvalue weighted by Crippen LogP contribution is -2.42. The van der Waals surface area contributed by atoms with Crippen molar-refractivity contribution in [3.63, 3.8) is 0 Å². The van der Waals surface area contributed by atoms with Gasteiger partial charge in [0.1, 0.15) is 5.75 Å². The molecule has 0 radical (unpaired) electrons. The maximum absolute atomic E-state index is 12.9. The minimum atomic E-state index is -0.527. The van der Waals surface area contributed by atoms with Crippen molar-refractivity contribution in [1.29, 1.82) is 0 Å². The highest BCUT2D eigenvalue weighted by atomic mass is 16.5. The molecule has 1 aliphatic heterocycles. The number of benzene rings is 2. The van der Waals surface area contributed by atoms with E-state index in [1.165, 1.54) is 0 Å². The molecule has 2 heterocycles. The normalized spacial score (nSPS) is 15.9. The number of nitrogens with zero attached hydrogens (tertiary/aromatic N) is 4. The van der Waals surface area contributed by atoms with Crippen molar-refractivity contribution >= 4 is 22.6 Å². The van der Waals surface area contributed by atoms with Crippen molar-refractivity contribution in [2.75, 3.05) is 31.1 Å². The second-order valence-corrected chi connectivity index (χ2v) is 6.98. The fourth-order valence-corrected chi connectivity index (χ4v) is 3.54. The lowest BCUT2D eigenvalue weighted by Gasteiger charge is -2.25. The van der Waals surface area contributed by atoms with Crippen LogP contribution in [0.15, 0.2) is 60.9 Å². The van der Waals surface area contributed by atoms with E-state index in [2.05, 4.69) is 20.9 Å². The summed E-state index contributed by atoms with van der Waals surface area (Å²) < 4.78 is 5.96. The molecule has 28 heavy (non-hydrogen) atoms. The molecule has 1 unspecified atom stereocenters. The van der Waals surface area contributed by atoms with Gasteiger partial charge in [-0.2, -0.15) is 0 Å². The average Bonchev–Trinajstić information content (AvgIpc) is 3.00. The van der Waals surface area contributed by atoms with Crippen LogP contribution in [0.25, 0.3) is 10.8 Å². The zero-order valence-corrected chi connectivity index (χ0v) is 16.0. The minimum Gasteiger partial charge on any atom is -0.481 e.